The van der Waals surface area contributed by atoms with Crippen LogP contribution < -0.4 is 5.32 Å². The van der Waals surface area contributed by atoms with Gasteiger partial charge >= 0.3 is 0 Å². The highest BCUT2D eigenvalue weighted by Crippen LogP contribution is 2.22. The quantitative estimate of drug-likeness (QED) is 0.826. The maximum absolute atomic E-state index is 12.0. The normalized spacial score (nSPS) is 10.8. The van der Waals surface area contributed by atoms with Crippen molar-refractivity contribution < 1.29 is 4.79 Å². The van der Waals surface area contributed by atoms with Crippen molar-refractivity contribution >= 4 is 34.3 Å². The van der Waals surface area contributed by atoms with Crippen molar-refractivity contribution in [3.63, 3.8) is 0 Å². The van der Waals surface area contributed by atoms with Gasteiger partial charge in [-0.15, -0.1) is 11.3 Å². The van der Waals surface area contributed by atoms with E-state index in [9.17, 15) is 4.79 Å². The van der Waals surface area contributed by atoms with Crippen molar-refractivity contribution in [3.8, 4) is 0 Å². The highest BCUT2D eigenvalue weighted by molar-refractivity contribution is 7.97. The molecular formula is C14H17N3OS2. The SMILES string of the molecule is CCN(CC)Sc1ccc(C(=O)Nc2nccs2)cc1. The Hall–Kier alpha value is -1.37. The van der Waals surface area contributed by atoms with Crippen LogP contribution in [0.1, 0.15) is 24.2 Å². The Labute approximate surface area is 127 Å². The standard InChI is InChI=1S/C14H17N3OS2/c1-3-17(4-2)20-12-7-5-11(6-8-12)13(18)16-14-15-9-10-19-14/h5-10H,3-4H2,1-2H3,(H,15,16,18). The minimum atomic E-state index is -0.126. The van der Waals surface area contributed by atoms with Gasteiger partial charge in [0.25, 0.3) is 5.91 Å². The van der Waals surface area contributed by atoms with Gasteiger partial charge in [0.1, 0.15) is 0 Å². The molecule has 4 nitrogen and oxygen atoms in total. The fourth-order valence-corrected chi connectivity index (χ4v) is 2.96. The molecule has 1 aromatic carbocycles. The summed E-state index contributed by atoms with van der Waals surface area (Å²) in [7, 11) is 0. The second kappa shape index (κ2) is 7.42. The summed E-state index contributed by atoms with van der Waals surface area (Å²) in [4.78, 5) is 17.2. The molecule has 0 bridgehead atoms. The Kier molecular flexibility index (Phi) is 5.58. The molecule has 1 N–H and O–H groups in total. The van der Waals surface area contributed by atoms with Crippen LogP contribution >= 0.6 is 23.3 Å². The molecule has 1 amide bonds. The van der Waals surface area contributed by atoms with Gasteiger partial charge in [0.2, 0.25) is 0 Å². The van der Waals surface area contributed by atoms with Crippen molar-refractivity contribution in [2.24, 2.45) is 0 Å². The fourth-order valence-electron chi connectivity index (χ4n) is 1.62. The van der Waals surface area contributed by atoms with Crippen molar-refractivity contribution in [1.82, 2.24) is 9.29 Å². The molecule has 0 saturated heterocycles. The number of benzene rings is 1. The highest BCUT2D eigenvalue weighted by atomic mass is 32.2. The number of carbonyl (C=O) groups excluding carboxylic acids is 1. The first-order valence-corrected chi connectivity index (χ1v) is 8.12. The average molecular weight is 307 g/mol. The molecule has 0 aliphatic rings. The number of amides is 1. The molecule has 0 saturated carbocycles. The number of nitrogens with zero attached hydrogens (tertiary/aromatic N) is 2. The van der Waals surface area contributed by atoms with Gasteiger partial charge < -0.3 is 0 Å². The van der Waals surface area contributed by atoms with E-state index in [1.165, 1.54) is 11.3 Å². The van der Waals surface area contributed by atoms with E-state index in [1.807, 2.05) is 29.6 Å². The average Bonchev–Trinajstić information content (AvgIpc) is 2.98. The summed E-state index contributed by atoms with van der Waals surface area (Å²) in [5, 5.41) is 5.23. The molecule has 106 valence electrons. The third-order valence-corrected chi connectivity index (χ3v) is 4.66. The first-order valence-electron chi connectivity index (χ1n) is 6.46. The van der Waals surface area contributed by atoms with E-state index in [1.54, 1.807) is 18.1 Å². The fraction of sp³-hybridized carbons (Fsp3) is 0.286. The predicted octanol–water partition coefficient (Wildman–Crippen LogP) is 3.74. The zero-order valence-corrected chi connectivity index (χ0v) is 13.1. The van der Waals surface area contributed by atoms with E-state index < -0.39 is 0 Å². The van der Waals surface area contributed by atoms with Crippen LogP contribution in [0.25, 0.3) is 0 Å². The summed E-state index contributed by atoms with van der Waals surface area (Å²) in [6, 6.07) is 7.63. The van der Waals surface area contributed by atoms with Crippen LogP contribution in [0.3, 0.4) is 0 Å². The first kappa shape index (κ1) is 15.0. The molecule has 0 radical (unpaired) electrons. The van der Waals surface area contributed by atoms with Crippen LogP contribution in [0.4, 0.5) is 5.13 Å². The van der Waals surface area contributed by atoms with Gasteiger partial charge in [0, 0.05) is 35.1 Å². The number of aromatic nitrogens is 1. The zero-order valence-electron chi connectivity index (χ0n) is 11.5. The number of nitrogens with one attached hydrogen (secondary N) is 1. The van der Waals surface area contributed by atoms with Crippen molar-refractivity contribution in [1.29, 1.82) is 0 Å². The molecule has 0 fully saturated rings. The topological polar surface area (TPSA) is 45.2 Å². The lowest BCUT2D eigenvalue weighted by Crippen LogP contribution is -2.14. The lowest BCUT2D eigenvalue weighted by Gasteiger charge is -2.16. The Morgan fingerprint density at radius 1 is 1.30 bits per heavy atom. The van der Waals surface area contributed by atoms with Crippen LogP contribution in [-0.4, -0.2) is 28.3 Å². The summed E-state index contributed by atoms with van der Waals surface area (Å²) in [6.07, 6.45) is 1.67. The molecule has 1 heterocycles. The van der Waals surface area contributed by atoms with E-state index >= 15 is 0 Å². The smallest absolute Gasteiger partial charge is 0.257 e. The molecule has 2 rings (SSSR count). The summed E-state index contributed by atoms with van der Waals surface area (Å²) in [5.74, 6) is -0.126. The number of hydrogen-bond donors (Lipinski definition) is 1. The molecule has 0 spiro atoms. The van der Waals surface area contributed by atoms with Gasteiger partial charge in [-0.05, 0) is 36.2 Å². The molecule has 20 heavy (non-hydrogen) atoms. The number of anilines is 1. The highest BCUT2D eigenvalue weighted by Gasteiger charge is 2.08. The van der Waals surface area contributed by atoms with Gasteiger partial charge in [-0.2, -0.15) is 0 Å². The van der Waals surface area contributed by atoms with Gasteiger partial charge in [0.05, 0.1) is 0 Å². The minimum absolute atomic E-state index is 0.126. The summed E-state index contributed by atoms with van der Waals surface area (Å²) in [5.41, 5.74) is 0.643. The summed E-state index contributed by atoms with van der Waals surface area (Å²) >= 11 is 3.12. The number of rotatable bonds is 6. The van der Waals surface area contributed by atoms with Crippen LogP contribution in [0, 0.1) is 0 Å². The Bertz CT molecular complexity index is 536. The second-order valence-corrected chi connectivity index (χ2v) is 6.09. The van der Waals surface area contributed by atoms with Crippen molar-refractivity contribution in [3.05, 3.63) is 41.4 Å². The lowest BCUT2D eigenvalue weighted by atomic mass is 10.2. The third-order valence-electron chi connectivity index (χ3n) is 2.71. The molecule has 0 aliphatic heterocycles. The molecular weight excluding hydrogens is 290 g/mol. The maximum atomic E-state index is 12.0. The molecule has 0 unspecified atom stereocenters. The Morgan fingerprint density at radius 3 is 2.55 bits per heavy atom. The van der Waals surface area contributed by atoms with Gasteiger partial charge in [-0.25, -0.2) is 9.29 Å². The van der Waals surface area contributed by atoms with E-state index in [0.29, 0.717) is 10.7 Å². The van der Waals surface area contributed by atoms with Gasteiger partial charge in [0.15, 0.2) is 5.13 Å². The lowest BCUT2D eigenvalue weighted by molar-refractivity contribution is 0.102. The van der Waals surface area contributed by atoms with Crippen LogP contribution in [0.2, 0.25) is 0 Å². The monoisotopic (exact) mass is 307 g/mol. The predicted molar refractivity (Wildman–Crippen MR) is 85.3 cm³/mol. The van der Waals surface area contributed by atoms with E-state index in [0.717, 1.165) is 18.0 Å². The molecule has 2 aromatic rings. The molecule has 0 aliphatic carbocycles. The number of thiazole rings is 1. The van der Waals surface area contributed by atoms with E-state index in [2.05, 4.69) is 28.5 Å². The van der Waals surface area contributed by atoms with Crippen molar-refractivity contribution in [2.45, 2.75) is 18.7 Å². The molecule has 6 heteroatoms. The molecule has 0 atom stereocenters. The second-order valence-electron chi connectivity index (χ2n) is 4.02. The zero-order chi connectivity index (χ0) is 14.4. The van der Waals surface area contributed by atoms with Gasteiger partial charge in [-0.3, -0.25) is 10.1 Å². The van der Waals surface area contributed by atoms with E-state index in [4.69, 9.17) is 0 Å². The largest absolute Gasteiger partial charge is 0.298 e. The first-order chi connectivity index (χ1) is 9.72. The van der Waals surface area contributed by atoms with Gasteiger partial charge in [-0.1, -0.05) is 13.8 Å². The summed E-state index contributed by atoms with van der Waals surface area (Å²) in [6.45, 7) is 6.25. The van der Waals surface area contributed by atoms with Crippen LogP contribution in [-0.2, 0) is 0 Å². The van der Waals surface area contributed by atoms with Crippen LogP contribution in [0.5, 0.6) is 0 Å². The minimum Gasteiger partial charge on any atom is -0.298 e. The van der Waals surface area contributed by atoms with Crippen LogP contribution in [0.15, 0.2) is 40.7 Å². The van der Waals surface area contributed by atoms with Crippen molar-refractivity contribution in [2.75, 3.05) is 18.4 Å². The van der Waals surface area contributed by atoms with E-state index in [-0.39, 0.29) is 5.91 Å². The maximum Gasteiger partial charge on any atom is 0.257 e. The number of carbonyl (C=O) groups is 1. The Morgan fingerprint density at radius 2 is 2.00 bits per heavy atom. The number of hydrogen-bond acceptors (Lipinski definition) is 5. The third kappa shape index (κ3) is 4.06. The molecule has 1 aromatic heterocycles. The Balaban J connectivity index is 1.98. The summed E-state index contributed by atoms with van der Waals surface area (Å²) < 4.78 is 2.25.